The van der Waals surface area contributed by atoms with Gasteiger partial charge in [-0.1, -0.05) is 12.1 Å². The molecule has 1 unspecified atom stereocenters. The zero-order valence-electron chi connectivity index (χ0n) is 16.7. The Morgan fingerprint density at radius 3 is 2.86 bits per heavy atom. The zero-order chi connectivity index (χ0) is 19.3. The van der Waals surface area contributed by atoms with Gasteiger partial charge in [0.2, 0.25) is 0 Å². The minimum Gasteiger partial charge on any atom is -0.497 e. The van der Waals surface area contributed by atoms with Crippen LogP contribution in [-0.4, -0.2) is 60.1 Å². The van der Waals surface area contributed by atoms with Crippen LogP contribution < -0.4 is 4.74 Å². The molecule has 0 N–H and O–H groups in total. The lowest BCUT2D eigenvalue weighted by molar-refractivity contribution is 0.248. The highest BCUT2D eigenvalue weighted by atomic mass is 16.5. The van der Waals surface area contributed by atoms with Crippen LogP contribution in [0.25, 0.3) is 11.0 Å². The third kappa shape index (κ3) is 4.49. The van der Waals surface area contributed by atoms with Crippen LogP contribution in [-0.2, 0) is 13.0 Å². The van der Waals surface area contributed by atoms with Crippen LogP contribution in [0.1, 0.15) is 11.1 Å². The van der Waals surface area contributed by atoms with E-state index in [4.69, 9.17) is 4.74 Å². The normalized spacial score (nSPS) is 18.9. The highest BCUT2D eigenvalue weighted by Gasteiger charge is 2.22. The second-order valence-electron chi connectivity index (χ2n) is 7.76. The van der Waals surface area contributed by atoms with Gasteiger partial charge in [-0.2, -0.15) is 0 Å². The van der Waals surface area contributed by atoms with E-state index in [1.807, 2.05) is 30.6 Å². The lowest BCUT2D eigenvalue weighted by Crippen LogP contribution is -2.30. The lowest BCUT2D eigenvalue weighted by Gasteiger charge is -2.24. The molecule has 28 heavy (non-hydrogen) atoms. The number of benzene rings is 1. The van der Waals surface area contributed by atoms with Crippen LogP contribution in [0.15, 0.2) is 54.9 Å². The summed E-state index contributed by atoms with van der Waals surface area (Å²) in [5, 5.41) is 0. The van der Waals surface area contributed by atoms with Crippen LogP contribution in [0, 0.1) is 5.92 Å². The van der Waals surface area contributed by atoms with Gasteiger partial charge in [-0.05, 0) is 60.8 Å². The number of fused-ring (bicyclic) bond motifs is 1. The molecule has 3 heterocycles. The Bertz CT molecular complexity index is 924. The number of hydrogen-bond donors (Lipinski definition) is 0. The zero-order valence-corrected chi connectivity index (χ0v) is 16.7. The quantitative estimate of drug-likeness (QED) is 0.684. The fraction of sp³-hybridized carbons (Fsp3) is 0.391. The van der Waals surface area contributed by atoms with E-state index in [1.165, 1.54) is 11.1 Å². The molecule has 0 spiro atoms. The van der Waals surface area contributed by atoms with Gasteiger partial charge in [0.1, 0.15) is 5.75 Å². The van der Waals surface area contributed by atoms with E-state index in [-0.39, 0.29) is 0 Å². The number of aromatic nitrogens is 2. The number of pyridine rings is 2. The second-order valence-corrected chi connectivity index (χ2v) is 7.76. The van der Waals surface area contributed by atoms with Crippen LogP contribution in [0.5, 0.6) is 5.75 Å². The van der Waals surface area contributed by atoms with Crippen LogP contribution in [0.4, 0.5) is 0 Å². The first-order valence-corrected chi connectivity index (χ1v) is 9.93. The van der Waals surface area contributed by atoms with E-state index in [1.54, 1.807) is 7.11 Å². The molecule has 1 aromatic carbocycles. The molecule has 2 aromatic heterocycles. The summed E-state index contributed by atoms with van der Waals surface area (Å²) in [7, 11) is 3.95. The highest BCUT2D eigenvalue weighted by Crippen LogP contribution is 2.21. The van der Waals surface area contributed by atoms with Crippen molar-refractivity contribution in [2.24, 2.45) is 5.92 Å². The predicted octanol–water partition coefficient (Wildman–Crippen LogP) is 3.24. The minimum atomic E-state index is 0.561. The first-order chi connectivity index (χ1) is 13.7. The maximum Gasteiger partial charge on any atom is 0.119 e. The van der Waals surface area contributed by atoms with Crippen LogP contribution in [0.3, 0.4) is 0 Å². The number of methoxy groups -OCH3 is 1. The fourth-order valence-corrected chi connectivity index (χ4v) is 4.17. The van der Waals surface area contributed by atoms with Crippen molar-refractivity contribution in [2.45, 2.75) is 13.0 Å². The van der Waals surface area contributed by atoms with Crippen molar-refractivity contribution in [2.75, 3.05) is 40.3 Å². The van der Waals surface area contributed by atoms with E-state index >= 15 is 0 Å². The molecule has 1 fully saturated rings. The molecule has 0 aliphatic carbocycles. The number of ether oxygens (including phenoxy) is 1. The average molecular weight is 377 g/mol. The first kappa shape index (κ1) is 18.8. The maximum absolute atomic E-state index is 5.39. The summed E-state index contributed by atoms with van der Waals surface area (Å²) in [6, 6.07) is 14.5. The Morgan fingerprint density at radius 1 is 1.04 bits per heavy atom. The average Bonchev–Trinajstić information content (AvgIpc) is 2.89. The SMILES string of the molecule is COc1cccc(CN2CCN(C)CC(Cc3ccnc4cccnc34)C2)c1. The van der Waals surface area contributed by atoms with Gasteiger partial charge >= 0.3 is 0 Å². The molecule has 1 aliphatic rings. The lowest BCUT2D eigenvalue weighted by atomic mass is 9.97. The summed E-state index contributed by atoms with van der Waals surface area (Å²) in [5.41, 5.74) is 4.62. The Hall–Kier alpha value is -2.50. The van der Waals surface area contributed by atoms with E-state index in [0.29, 0.717) is 5.92 Å². The number of rotatable bonds is 5. The summed E-state index contributed by atoms with van der Waals surface area (Å²) in [6.45, 7) is 5.32. The van der Waals surface area contributed by atoms with E-state index < -0.39 is 0 Å². The highest BCUT2D eigenvalue weighted by molar-refractivity contribution is 5.77. The summed E-state index contributed by atoms with van der Waals surface area (Å²) in [4.78, 5) is 14.1. The molecule has 1 saturated heterocycles. The predicted molar refractivity (Wildman–Crippen MR) is 113 cm³/mol. The van der Waals surface area contributed by atoms with Crippen molar-refractivity contribution in [1.29, 1.82) is 0 Å². The summed E-state index contributed by atoms with van der Waals surface area (Å²) in [5.74, 6) is 1.49. The molecule has 0 amide bonds. The fourth-order valence-electron chi connectivity index (χ4n) is 4.17. The molecule has 0 radical (unpaired) electrons. The molecule has 3 aromatic rings. The third-order valence-electron chi connectivity index (χ3n) is 5.51. The maximum atomic E-state index is 5.39. The van der Waals surface area contributed by atoms with Crippen molar-refractivity contribution in [3.8, 4) is 5.75 Å². The molecule has 146 valence electrons. The Morgan fingerprint density at radius 2 is 1.96 bits per heavy atom. The summed E-state index contributed by atoms with van der Waals surface area (Å²) in [6.07, 6.45) is 4.80. The second kappa shape index (κ2) is 8.67. The Labute approximate surface area is 167 Å². The topological polar surface area (TPSA) is 41.5 Å². The van der Waals surface area contributed by atoms with Gasteiger partial charge in [0.05, 0.1) is 18.1 Å². The molecule has 0 bridgehead atoms. The van der Waals surface area contributed by atoms with Crippen molar-refractivity contribution in [1.82, 2.24) is 19.8 Å². The third-order valence-corrected chi connectivity index (χ3v) is 5.51. The van der Waals surface area contributed by atoms with Crippen LogP contribution >= 0.6 is 0 Å². The molecule has 0 saturated carbocycles. The summed E-state index contributed by atoms with van der Waals surface area (Å²) >= 11 is 0. The van der Waals surface area contributed by atoms with Gasteiger partial charge < -0.3 is 9.64 Å². The monoisotopic (exact) mass is 376 g/mol. The van der Waals surface area contributed by atoms with Crippen molar-refractivity contribution in [3.63, 3.8) is 0 Å². The van der Waals surface area contributed by atoms with Crippen LogP contribution in [0.2, 0.25) is 0 Å². The van der Waals surface area contributed by atoms with Gasteiger partial charge in [-0.15, -0.1) is 0 Å². The van der Waals surface area contributed by atoms with Gasteiger partial charge in [0.15, 0.2) is 0 Å². The number of likely N-dealkylation sites (N-methyl/N-ethyl adjacent to an activating group) is 1. The van der Waals surface area contributed by atoms with Gasteiger partial charge in [0, 0.05) is 45.1 Å². The molecule has 1 aliphatic heterocycles. The summed E-state index contributed by atoms with van der Waals surface area (Å²) < 4.78 is 5.39. The van der Waals surface area contributed by atoms with Gasteiger partial charge in [-0.3, -0.25) is 14.9 Å². The van der Waals surface area contributed by atoms with Crippen molar-refractivity contribution in [3.05, 3.63) is 66.0 Å². The number of hydrogen-bond acceptors (Lipinski definition) is 5. The standard InChI is InChI=1S/C23H28N4O/c1-26-11-12-27(16-18-5-3-6-21(14-18)28-2)17-19(15-26)13-20-8-10-24-22-7-4-9-25-23(20)22/h3-10,14,19H,11-13,15-17H2,1-2H3. The Kier molecular flexibility index (Phi) is 5.84. The van der Waals surface area contributed by atoms with Gasteiger partial charge in [0.25, 0.3) is 0 Å². The van der Waals surface area contributed by atoms with E-state index in [0.717, 1.165) is 55.9 Å². The molecule has 1 atom stereocenters. The van der Waals surface area contributed by atoms with E-state index in [2.05, 4.69) is 51.1 Å². The molecule has 5 nitrogen and oxygen atoms in total. The van der Waals surface area contributed by atoms with E-state index in [9.17, 15) is 0 Å². The molecular formula is C23H28N4O. The smallest absolute Gasteiger partial charge is 0.119 e. The number of nitrogens with zero attached hydrogens (tertiary/aromatic N) is 4. The van der Waals surface area contributed by atoms with Crippen molar-refractivity contribution < 1.29 is 4.74 Å². The minimum absolute atomic E-state index is 0.561. The Balaban J connectivity index is 1.51. The van der Waals surface area contributed by atoms with Gasteiger partial charge in [-0.25, -0.2) is 0 Å². The molecule has 5 heteroatoms. The first-order valence-electron chi connectivity index (χ1n) is 9.93. The largest absolute Gasteiger partial charge is 0.497 e. The molecule has 4 rings (SSSR count). The molecular weight excluding hydrogens is 348 g/mol. The van der Waals surface area contributed by atoms with Crippen molar-refractivity contribution >= 4 is 11.0 Å².